The molecule has 0 saturated carbocycles. The van der Waals surface area contributed by atoms with E-state index in [9.17, 15) is 0 Å². The fraction of sp³-hybridized carbons (Fsp3) is 0.429. The van der Waals surface area contributed by atoms with E-state index in [1.807, 2.05) is 0 Å². The smallest absolute Gasteiger partial charge is 0.171 e. The Hall–Kier alpha value is -0.210. The van der Waals surface area contributed by atoms with Gasteiger partial charge in [0.05, 0.1) is 14.1 Å². The Morgan fingerprint density at radius 3 is 2.70 bits per heavy atom. The van der Waals surface area contributed by atoms with Gasteiger partial charge in [-0.05, 0) is 57.4 Å². The van der Waals surface area contributed by atoms with Crippen molar-refractivity contribution < 1.29 is 0 Å². The number of halogens is 2. The van der Waals surface area contributed by atoms with Gasteiger partial charge in [-0.2, -0.15) is 0 Å². The molecule has 0 aromatic carbocycles. The molecule has 2 heterocycles. The molecule has 2 rings (SSSR count). The third-order valence-electron chi connectivity index (χ3n) is 2.74. The number of aryl methyl sites for hydroxylation is 1. The van der Waals surface area contributed by atoms with Crippen LogP contribution in [0.5, 0.6) is 0 Å². The molecular weight excluding hydrogens is 449 g/mol. The van der Waals surface area contributed by atoms with E-state index >= 15 is 0 Å². The molecule has 3 nitrogen and oxygen atoms in total. The van der Waals surface area contributed by atoms with Crippen LogP contribution in [0.4, 0.5) is 5.82 Å². The molecule has 0 fully saturated rings. The Kier molecular flexibility index (Phi) is 6.22. The Morgan fingerprint density at radius 1 is 1.30 bits per heavy atom. The van der Waals surface area contributed by atoms with Gasteiger partial charge in [0.25, 0.3) is 0 Å². The largest absolute Gasteiger partial charge is 0.369 e. The van der Waals surface area contributed by atoms with Crippen molar-refractivity contribution >= 4 is 55.7 Å². The highest BCUT2D eigenvalue weighted by Crippen LogP contribution is 2.30. The third kappa shape index (κ3) is 3.92. The first-order valence-electron chi connectivity index (χ1n) is 6.70. The standard InChI is InChI=1S/C14H17BrIN3S/c1-3-5-10-12(16)14(17-6-4-2)19-13(18-10)11-7-9(15)8-20-11/h7-8H,3-6H2,1-2H3,(H,17,18,19). The summed E-state index contributed by atoms with van der Waals surface area (Å²) in [7, 11) is 0. The summed E-state index contributed by atoms with van der Waals surface area (Å²) >= 11 is 7.51. The van der Waals surface area contributed by atoms with Crippen molar-refractivity contribution in [1.29, 1.82) is 0 Å². The van der Waals surface area contributed by atoms with Crippen LogP contribution in [0.2, 0.25) is 0 Å². The molecule has 0 unspecified atom stereocenters. The van der Waals surface area contributed by atoms with Gasteiger partial charge in [0.15, 0.2) is 5.82 Å². The van der Waals surface area contributed by atoms with Crippen LogP contribution in [0, 0.1) is 3.57 Å². The Morgan fingerprint density at radius 2 is 2.10 bits per heavy atom. The van der Waals surface area contributed by atoms with Crippen molar-refractivity contribution in [3.8, 4) is 10.7 Å². The molecule has 0 saturated heterocycles. The van der Waals surface area contributed by atoms with Crippen LogP contribution in [0.1, 0.15) is 32.4 Å². The maximum absolute atomic E-state index is 4.75. The monoisotopic (exact) mass is 465 g/mol. The third-order valence-corrected chi connectivity index (χ3v) is 5.56. The Labute approximate surface area is 145 Å². The highest BCUT2D eigenvalue weighted by molar-refractivity contribution is 14.1. The van der Waals surface area contributed by atoms with E-state index in [0.717, 1.165) is 56.1 Å². The first-order chi connectivity index (χ1) is 9.65. The molecule has 108 valence electrons. The first-order valence-corrected chi connectivity index (χ1v) is 9.45. The lowest BCUT2D eigenvalue weighted by molar-refractivity contribution is 0.864. The van der Waals surface area contributed by atoms with Gasteiger partial charge in [0.1, 0.15) is 5.82 Å². The summed E-state index contributed by atoms with van der Waals surface area (Å²) in [5.41, 5.74) is 1.14. The summed E-state index contributed by atoms with van der Waals surface area (Å²) in [6, 6.07) is 2.08. The molecule has 1 N–H and O–H groups in total. The van der Waals surface area contributed by atoms with Crippen molar-refractivity contribution in [3.63, 3.8) is 0 Å². The summed E-state index contributed by atoms with van der Waals surface area (Å²) in [4.78, 5) is 10.5. The molecule has 0 bridgehead atoms. The molecule has 0 spiro atoms. The van der Waals surface area contributed by atoms with Gasteiger partial charge in [0.2, 0.25) is 0 Å². The van der Waals surface area contributed by atoms with E-state index < -0.39 is 0 Å². The molecule has 2 aromatic heterocycles. The first kappa shape index (κ1) is 16.2. The second-order valence-corrected chi connectivity index (χ2v) is 7.37. The van der Waals surface area contributed by atoms with Crippen molar-refractivity contribution in [3.05, 3.63) is 25.2 Å². The Balaban J connectivity index is 2.43. The van der Waals surface area contributed by atoms with Crippen molar-refractivity contribution in [2.45, 2.75) is 33.1 Å². The lowest BCUT2D eigenvalue weighted by Gasteiger charge is -2.11. The van der Waals surface area contributed by atoms with Crippen molar-refractivity contribution in [2.24, 2.45) is 0 Å². The molecule has 6 heteroatoms. The summed E-state index contributed by atoms with van der Waals surface area (Å²) < 4.78 is 2.23. The van der Waals surface area contributed by atoms with Crippen LogP contribution in [-0.2, 0) is 6.42 Å². The second kappa shape index (κ2) is 7.70. The van der Waals surface area contributed by atoms with Crippen LogP contribution in [0.15, 0.2) is 15.9 Å². The van der Waals surface area contributed by atoms with Crippen molar-refractivity contribution in [2.75, 3.05) is 11.9 Å². The van der Waals surface area contributed by atoms with Crippen LogP contribution in [-0.4, -0.2) is 16.5 Å². The molecule has 0 amide bonds. The van der Waals surface area contributed by atoms with Gasteiger partial charge in [-0.15, -0.1) is 11.3 Å². The number of nitrogens with zero attached hydrogens (tertiary/aromatic N) is 2. The van der Waals surface area contributed by atoms with Crippen LogP contribution in [0.25, 0.3) is 10.7 Å². The molecule has 20 heavy (non-hydrogen) atoms. The number of anilines is 1. The maximum Gasteiger partial charge on any atom is 0.171 e. The van der Waals surface area contributed by atoms with Gasteiger partial charge in [-0.1, -0.05) is 20.3 Å². The predicted molar refractivity (Wildman–Crippen MR) is 98.5 cm³/mol. The fourth-order valence-corrected chi connectivity index (χ4v) is 3.86. The number of rotatable bonds is 6. The topological polar surface area (TPSA) is 37.8 Å². The zero-order chi connectivity index (χ0) is 14.5. The molecular formula is C14H17BrIN3S. The van der Waals surface area contributed by atoms with Gasteiger partial charge in [-0.3, -0.25) is 0 Å². The van der Waals surface area contributed by atoms with Gasteiger partial charge in [-0.25, -0.2) is 9.97 Å². The van der Waals surface area contributed by atoms with E-state index in [1.165, 1.54) is 0 Å². The minimum Gasteiger partial charge on any atom is -0.369 e. The quantitative estimate of drug-likeness (QED) is 0.584. The highest BCUT2D eigenvalue weighted by atomic mass is 127. The predicted octanol–water partition coefficient (Wildman–Crippen LogP) is 5.35. The number of hydrogen-bond donors (Lipinski definition) is 1. The Bertz CT molecular complexity index is 586. The summed E-state index contributed by atoms with van der Waals surface area (Å²) in [5.74, 6) is 1.79. The van der Waals surface area contributed by atoms with E-state index in [1.54, 1.807) is 11.3 Å². The minimum absolute atomic E-state index is 0.822. The lowest BCUT2D eigenvalue weighted by Crippen LogP contribution is -2.09. The molecule has 0 aliphatic rings. The van der Waals surface area contributed by atoms with E-state index in [-0.39, 0.29) is 0 Å². The van der Waals surface area contributed by atoms with Crippen LogP contribution in [0.3, 0.4) is 0 Å². The zero-order valence-corrected chi connectivity index (χ0v) is 16.1. The number of nitrogens with one attached hydrogen (secondary N) is 1. The average Bonchev–Trinajstić information content (AvgIpc) is 2.86. The fourth-order valence-electron chi connectivity index (χ4n) is 1.80. The van der Waals surface area contributed by atoms with E-state index in [4.69, 9.17) is 9.97 Å². The number of thiophene rings is 1. The van der Waals surface area contributed by atoms with Gasteiger partial charge < -0.3 is 5.32 Å². The molecule has 0 radical (unpaired) electrons. The van der Waals surface area contributed by atoms with Gasteiger partial charge in [0, 0.05) is 16.4 Å². The summed E-state index contributed by atoms with van der Waals surface area (Å²) in [5, 5.41) is 5.48. The summed E-state index contributed by atoms with van der Waals surface area (Å²) in [6.45, 7) is 5.27. The SMILES string of the molecule is CCCNc1nc(-c2cc(Br)cs2)nc(CCC)c1I. The van der Waals surface area contributed by atoms with Crippen LogP contribution < -0.4 is 5.32 Å². The molecule has 2 aromatic rings. The average molecular weight is 466 g/mol. The van der Waals surface area contributed by atoms with E-state index in [0.29, 0.717) is 0 Å². The highest BCUT2D eigenvalue weighted by Gasteiger charge is 2.13. The molecule has 0 aliphatic carbocycles. The van der Waals surface area contributed by atoms with E-state index in [2.05, 4.69) is 69.1 Å². The van der Waals surface area contributed by atoms with Gasteiger partial charge >= 0.3 is 0 Å². The normalized spacial score (nSPS) is 10.8. The van der Waals surface area contributed by atoms with Crippen LogP contribution >= 0.6 is 49.9 Å². The molecule has 0 aliphatic heterocycles. The minimum atomic E-state index is 0.822. The molecule has 0 atom stereocenters. The number of aromatic nitrogens is 2. The second-order valence-electron chi connectivity index (χ2n) is 4.46. The maximum atomic E-state index is 4.75. The summed E-state index contributed by atoms with van der Waals surface area (Å²) in [6.07, 6.45) is 3.16. The number of hydrogen-bond acceptors (Lipinski definition) is 4. The van der Waals surface area contributed by atoms with Crippen molar-refractivity contribution in [1.82, 2.24) is 9.97 Å². The zero-order valence-electron chi connectivity index (χ0n) is 11.5. The lowest BCUT2D eigenvalue weighted by atomic mass is 10.2.